The van der Waals surface area contributed by atoms with Gasteiger partial charge in [-0.2, -0.15) is 5.26 Å². The molecule has 0 bridgehead atoms. The van der Waals surface area contributed by atoms with Crippen molar-refractivity contribution < 1.29 is 9.53 Å². The Morgan fingerprint density at radius 3 is 2.58 bits per heavy atom. The minimum absolute atomic E-state index is 0.0929. The Morgan fingerprint density at radius 2 is 2.25 bits per heavy atom. The first-order chi connectivity index (χ1) is 5.56. The molecule has 0 aromatic rings. The van der Waals surface area contributed by atoms with Gasteiger partial charge < -0.3 is 4.74 Å². The molecule has 0 rings (SSSR count). The fourth-order valence-electron chi connectivity index (χ4n) is 0.731. The molecular formula is C9H15NO2. The Balaban J connectivity index is 4.00. The second-order valence-electron chi connectivity index (χ2n) is 2.95. The van der Waals surface area contributed by atoms with Gasteiger partial charge in [-0.15, -0.1) is 0 Å². The number of nitriles is 1. The largest absolute Gasteiger partial charge is 0.382 e. The second kappa shape index (κ2) is 4.89. The van der Waals surface area contributed by atoms with Crippen LogP contribution in [0.15, 0.2) is 0 Å². The summed E-state index contributed by atoms with van der Waals surface area (Å²) in [5, 5.41) is 8.73. The first-order valence-corrected chi connectivity index (χ1v) is 4.07. The van der Waals surface area contributed by atoms with E-state index in [-0.39, 0.29) is 5.78 Å². The van der Waals surface area contributed by atoms with Crippen LogP contribution < -0.4 is 0 Å². The monoisotopic (exact) mass is 169 g/mol. The number of nitrogens with zero attached hydrogens (tertiary/aromatic N) is 1. The molecule has 0 aromatic carbocycles. The summed E-state index contributed by atoms with van der Waals surface area (Å²) in [4.78, 5) is 11.0. The molecule has 0 saturated carbocycles. The Labute approximate surface area is 73.3 Å². The van der Waals surface area contributed by atoms with Gasteiger partial charge in [0.15, 0.2) is 0 Å². The zero-order valence-electron chi connectivity index (χ0n) is 7.89. The summed E-state index contributed by atoms with van der Waals surface area (Å²) in [5.74, 6) is -0.0929. The molecule has 0 amide bonds. The summed E-state index contributed by atoms with van der Waals surface area (Å²) in [6.45, 7) is 6.07. The summed E-state index contributed by atoms with van der Waals surface area (Å²) < 4.78 is 5.08. The highest BCUT2D eigenvalue weighted by Gasteiger charge is 2.28. The van der Waals surface area contributed by atoms with Crippen molar-refractivity contribution in [2.24, 2.45) is 5.41 Å². The van der Waals surface area contributed by atoms with Crippen LogP contribution in [0.25, 0.3) is 0 Å². The molecule has 0 aromatic heterocycles. The number of carbonyl (C=O) groups excluding carboxylic acids is 1. The van der Waals surface area contributed by atoms with Crippen LogP contribution in [0, 0.1) is 16.7 Å². The Bertz CT molecular complexity index is 195. The Kier molecular flexibility index (Phi) is 4.53. The van der Waals surface area contributed by atoms with E-state index < -0.39 is 5.41 Å². The van der Waals surface area contributed by atoms with Crippen LogP contribution in [0.1, 0.15) is 27.2 Å². The molecule has 0 aliphatic carbocycles. The lowest BCUT2D eigenvalue weighted by Gasteiger charge is -2.16. The molecule has 1 unspecified atom stereocenters. The van der Waals surface area contributed by atoms with Gasteiger partial charge in [0.05, 0.1) is 6.07 Å². The van der Waals surface area contributed by atoms with Gasteiger partial charge in [-0.1, -0.05) is 0 Å². The van der Waals surface area contributed by atoms with Gasteiger partial charge in [-0.25, -0.2) is 0 Å². The fraction of sp³-hybridized carbons (Fsp3) is 0.778. The lowest BCUT2D eigenvalue weighted by atomic mass is 9.85. The first kappa shape index (κ1) is 11.1. The predicted octanol–water partition coefficient (Wildman–Crippen LogP) is 1.53. The lowest BCUT2D eigenvalue weighted by molar-refractivity contribution is -0.123. The van der Waals surface area contributed by atoms with Crippen molar-refractivity contribution in [1.82, 2.24) is 0 Å². The summed E-state index contributed by atoms with van der Waals surface area (Å²) >= 11 is 0. The van der Waals surface area contributed by atoms with E-state index in [0.717, 1.165) is 0 Å². The Morgan fingerprint density at radius 1 is 1.67 bits per heavy atom. The molecule has 68 valence electrons. The SMILES string of the molecule is CCOCCC(C)(C#N)C(C)=O. The minimum Gasteiger partial charge on any atom is -0.382 e. The molecule has 12 heavy (non-hydrogen) atoms. The number of ether oxygens (including phenoxy) is 1. The van der Waals surface area contributed by atoms with Gasteiger partial charge >= 0.3 is 0 Å². The minimum atomic E-state index is -0.866. The maximum Gasteiger partial charge on any atom is 0.149 e. The van der Waals surface area contributed by atoms with E-state index in [4.69, 9.17) is 10.00 Å². The number of hydrogen-bond donors (Lipinski definition) is 0. The molecule has 0 N–H and O–H groups in total. The van der Waals surface area contributed by atoms with Crippen LogP contribution in [0.3, 0.4) is 0 Å². The molecule has 0 radical (unpaired) electrons. The standard InChI is InChI=1S/C9H15NO2/c1-4-12-6-5-9(3,7-10)8(2)11/h4-6H2,1-3H3. The second-order valence-corrected chi connectivity index (χ2v) is 2.95. The number of hydrogen-bond acceptors (Lipinski definition) is 3. The zero-order chi connectivity index (χ0) is 9.61. The van der Waals surface area contributed by atoms with E-state index >= 15 is 0 Å². The van der Waals surface area contributed by atoms with Gasteiger partial charge in [-0.3, -0.25) is 4.79 Å². The molecule has 0 aliphatic rings. The average molecular weight is 169 g/mol. The summed E-state index contributed by atoms with van der Waals surface area (Å²) in [6, 6.07) is 2.01. The van der Waals surface area contributed by atoms with E-state index in [9.17, 15) is 4.79 Å². The highest BCUT2D eigenvalue weighted by Crippen LogP contribution is 2.20. The third-order valence-corrected chi connectivity index (χ3v) is 1.97. The smallest absolute Gasteiger partial charge is 0.149 e. The molecule has 0 spiro atoms. The molecule has 0 saturated heterocycles. The van der Waals surface area contributed by atoms with Crippen molar-refractivity contribution in [3.05, 3.63) is 0 Å². The van der Waals surface area contributed by atoms with Crippen molar-refractivity contribution in [1.29, 1.82) is 5.26 Å². The number of ketones is 1. The summed E-state index contributed by atoms with van der Waals surface area (Å²) in [5.41, 5.74) is -0.866. The molecule has 3 nitrogen and oxygen atoms in total. The van der Waals surface area contributed by atoms with Crippen LogP contribution in [0.5, 0.6) is 0 Å². The molecule has 1 atom stereocenters. The van der Waals surface area contributed by atoms with Gasteiger partial charge in [0.1, 0.15) is 11.2 Å². The highest BCUT2D eigenvalue weighted by atomic mass is 16.5. The van der Waals surface area contributed by atoms with Crippen LogP contribution in [-0.4, -0.2) is 19.0 Å². The highest BCUT2D eigenvalue weighted by molar-refractivity contribution is 5.84. The van der Waals surface area contributed by atoms with E-state index in [1.54, 1.807) is 6.92 Å². The van der Waals surface area contributed by atoms with Gasteiger partial charge in [0.2, 0.25) is 0 Å². The Hall–Kier alpha value is -0.880. The quantitative estimate of drug-likeness (QED) is 0.586. The predicted molar refractivity (Wildman–Crippen MR) is 45.5 cm³/mol. The van der Waals surface area contributed by atoms with Crippen molar-refractivity contribution in [3.63, 3.8) is 0 Å². The third kappa shape index (κ3) is 3.02. The van der Waals surface area contributed by atoms with Gasteiger partial charge in [0.25, 0.3) is 0 Å². The van der Waals surface area contributed by atoms with Crippen LogP contribution in [-0.2, 0) is 9.53 Å². The molecule has 0 heterocycles. The normalized spacial score (nSPS) is 14.8. The van der Waals surface area contributed by atoms with Crippen LogP contribution >= 0.6 is 0 Å². The van der Waals surface area contributed by atoms with Crippen molar-refractivity contribution in [2.75, 3.05) is 13.2 Å². The van der Waals surface area contributed by atoms with Crippen molar-refractivity contribution in [3.8, 4) is 6.07 Å². The lowest BCUT2D eigenvalue weighted by Crippen LogP contribution is -2.25. The average Bonchev–Trinajstić information content (AvgIpc) is 2.04. The fourth-order valence-corrected chi connectivity index (χ4v) is 0.731. The molecule has 0 aliphatic heterocycles. The van der Waals surface area contributed by atoms with E-state index in [0.29, 0.717) is 19.6 Å². The van der Waals surface area contributed by atoms with Crippen LogP contribution in [0.4, 0.5) is 0 Å². The maximum absolute atomic E-state index is 11.0. The van der Waals surface area contributed by atoms with E-state index in [1.807, 2.05) is 13.0 Å². The van der Waals surface area contributed by atoms with Crippen molar-refractivity contribution in [2.45, 2.75) is 27.2 Å². The molecule has 3 heteroatoms. The van der Waals surface area contributed by atoms with E-state index in [2.05, 4.69) is 0 Å². The van der Waals surface area contributed by atoms with Crippen LogP contribution in [0.2, 0.25) is 0 Å². The zero-order valence-corrected chi connectivity index (χ0v) is 7.89. The van der Waals surface area contributed by atoms with Gasteiger partial charge in [0, 0.05) is 13.2 Å². The number of rotatable bonds is 5. The number of Topliss-reactive ketones (excluding diaryl/α,β-unsaturated/α-hetero) is 1. The topological polar surface area (TPSA) is 50.1 Å². The summed E-state index contributed by atoms with van der Waals surface area (Å²) in [6.07, 6.45) is 0.479. The van der Waals surface area contributed by atoms with Gasteiger partial charge in [-0.05, 0) is 27.2 Å². The summed E-state index contributed by atoms with van der Waals surface area (Å²) in [7, 11) is 0. The molecular weight excluding hydrogens is 154 g/mol. The van der Waals surface area contributed by atoms with E-state index in [1.165, 1.54) is 6.92 Å². The first-order valence-electron chi connectivity index (χ1n) is 4.07. The third-order valence-electron chi connectivity index (χ3n) is 1.97. The van der Waals surface area contributed by atoms with Crippen molar-refractivity contribution >= 4 is 5.78 Å². The molecule has 0 fully saturated rings. The maximum atomic E-state index is 11.0. The number of carbonyl (C=O) groups is 1.